The Labute approximate surface area is 144 Å². The summed E-state index contributed by atoms with van der Waals surface area (Å²) in [6, 6.07) is 0. The highest BCUT2D eigenvalue weighted by molar-refractivity contribution is 5.79. The van der Waals surface area contributed by atoms with E-state index in [0.29, 0.717) is 0 Å². The van der Waals surface area contributed by atoms with Gasteiger partial charge >= 0.3 is 0 Å². The van der Waals surface area contributed by atoms with Gasteiger partial charge in [0.2, 0.25) is 0 Å². The molecule has 132 valence electrons. The maximum absolute atomic E-state index is 4.46. The summed E-state index contributed by atoms with van der Waals surface area (Å²) in [6.45, 7) is 9.82. The fourth-order valence-corrected chi connectivity index (χ4v) is 2.95. The Morgan fingerprint density at radius 2 is 1.46 bits per heavy atom. The molecule has 0 saturated heterocycles. The predicted octanol–water partition coefficient (Wildman–Crippen LogP) is 1.29. The minimum atomic E-state index is 0.718. The summed E-state index contributed by atoms with van der Waals surface area (Å²) in [4.78, 5) is 4.30. The van der Waals surface area contributed by atoms with E-state index < -0.39 is 0 Å². The zero-order valence-corrected chi connectivity index (χ0v) is 15.9. The molecule has 24 heavy (non-hydrogen) atoms. The molecule has 0 aromatic carbocycles. The van der Waals surface area contributed by atoms with Crippen LogP contribution in [-0.2, 0) is 27.1 Å². The maximum atomic E-state index is 4.46. The lowest BCUT2D eigenvalue weighted by molar-refractivity contribution is 0.727. The summed E-state index contributed by atoms with van der Waals surface area (Å²) in [6.07, 6.45) is 0.928. The SMILES string of the molecule is CN=C(NCCc1c(C)nn(C)c1C)NCc1c(C)nn(C)c1C. The highest BCUT2D eigenvalue weighted by Crippen LogP contribution is 2.12. The van der Waals surface area contributed by atoms with Gasteiger partial charge < -0.3 is 10.6 Å². The largest absolute Gasteiger partial charge is 0.356 e. The molecule has 2 rings (SSSR count). The Bertz CT molecular complexity index is 737. The Morgan fingerprint density at radius 1 is 0.917 bits per heavy atom. The number of aryl methyl sites for hydroxylation is 4. The molecule has 7 nitrogen and oxygen atoms in total. The van der Waals surface area contributed by atoms with Gasteiger partial charge in [0.1, 0.15) is 0 Å². The predicted molar refractivity (Wildman–Crippen MR) is 97.3 cm³/mol. The molecule has 7 heteroatoms. The van der Waals surface area contributed by atoms with Crippen molar-refractivity contribution in [3.05, 3.63) is 33.9 Å². The summed E-state index contributed by atoms with van der Waals surface area (Å²) in [5.41, 5.74) is 7.08. The first-order chi connectivity index (χ1) is 11.3. The first-order valence-corrected chi connectivity index (χ1v) is 8.27. The van der Waals surface area contributed by atoms with E-state index >= 15 is 0 Å². The Hall–Kier alpha value is -2.31. The molecule has 0 amide bonds. The van der Waals surface area contributed by atoms with E-state index in [9.17, 15) is 0 Å². The average Bonchev–Trinajstić information content (AvgIpc) is 2.92. The van der Waals surface area contributed by atoms with Crippen molar-refractivity contribution in [3.8, 4) is 0 Å². The van der Waals surface area contributed by atoms with Crippen molar-refractivity contribution in [1.29, 1.82) is 0 Å². The van der Waals surface area contributed by atoms with Crippen molar-refractivity contribution in [2.45, 2.75) is 40.7 Å². The van der Waals surface area contributed by atoms with E-state index in [1.165, 1.54) is 22.5 Å². The molecule has 0 unspecified atom stereocenters. The normalized spacial score (nSPS) is 11.9. The number of nitrogens with one attached hydrogen (secondary N) is 2. The molecule has 2 N–H and O–H groups in total. The lowest BCUT2D eigenvalue weighted by Crippen LogP contribution is -2.38. The molecular weight excluding hydrogens is 302 g/mol. The van der Waals surface area contributed by atoms with Gasteiger partial charge in [-0.3, -0.25) is 14.4 Å². The highest BCUT2D eigenvalue weighted by Gasteiger charge is 2.11. The van der Waals surface area contributed by atoms with Gasteiger partial charge in [-0.05, 0) is 39.7 Å². The molecule has 2 aromatic heterocycles. The van der Waals surface area contributed by atoms with Crippen molar-refractivity contribution in [1.82, 2.24) is 30.2 Å². The van der Waals surface area contributed by atoms with Crippen LogP contribution in [0.25, 0.3) is 0 Å². The second-order valence-corrected chi connectivity index (χ2v) is 6.15. The van der Waals surface area contributed by atoms with Gasteiger partial charge in [0.25, 0.3) is 0 Å². The van der Waals surface area contributed by atoms with Gasteiger partial charge in [0.15, 0.2) is 5.96 Å². The molecule has 0 radical (unpaired) electrons. The molecule has 0 fully saturated rings. The fraction of sp³-hybridized carbons (Fsp3) is 0.588. The van der Waals surface area contributed by atoms with Gasteiger partial charge in [-0.1, -0.05) is 0 Å². The van der Waals surface area contributed by atoms with Crippen LogP contribution in [0.2, 0.25) is 0 Å². The molecule has 0 atom stereocenters. The van der Waals surface area contributed by atoms with Crippen LogP contribution in [0.4, 0.5) is 0 Å². The zero-order valence-electron chi connectivity index (χ0n) is 15.9. The Kier molecular flexibility index (Phi) is 5.64. The maximum Gasteiger partial charge on any atom is 0.191 e. The summed E-state index contributed by atoms with van der Waals surface area (Å²) >= 11 is 0. The molecule has 0 saturated carbocycles. The second-order valence-electron chi connectivity index (χ2n) is 6.15. The number of aliphatic imine (C=N–C) groups is 1. The highest BCUT2D eigenvalue weighted by atomic mass is 15.3. The van der Waals surface area contributed by atoms with Crippen LogP contribution in [0.1, 0.15) is 33.9 Å². The summed E-state index contributed by atoms with van der Waals surface area (Å²) in [5, 5.41) is 15.6. The summed E-state index contributed by atoms with van der Waals surface area (Å²) < 4.78 is 3.85. The van der Waals surface area contributed by atoms with Crippen LogP contribution in [0, 0.1) is 27.7 Å². The topological polar surface area (TPSA) is 72.1 Å². The number of hydrogen-bond donors (Lipinski definition) is 2. The lowest BCUT2D eigenvalue weighted by Gasteiger charge is -2.12. The molecule has 0 aliphatic heterocycles. The van der Waals surface area contributed by atoms with E-state index in [4.69, 9.17) is 0 Å². The molecule has 2 aromatic rings. The Morgan fingerprint density at radius 3 is 1.92 bits per heavy atom. The van der Waals surface area contributed by atoms with Crippen LogP contribution >= 0.6 is 0 Å². The quantitative estimate of drug-likeness (QED) is 0.640. The van der Waals surface area contributed by atoms with Crippen molar-refractivity contribution >= 4 is 5.96 Å². The number of nitrogens with zero attached hydrogens (tertiary/aromatic N) is 5. The third kappa shape index (κ3) is 3.77. The van der Waals surface area contributed by atoms with Crippen molar-refractivity contribution in [2.24, 2.45) is 19.1 Å². The van der Waals surface area contributed by atoms with Gasteiger partial charge in [0.05, 0.1) is 11.4 Å². The molecule has 0 bridgehead atoms. The Balaban J connectivity index is 1.89. The van der Waals surface area contributed by atoms with Gasteiger partial charge in [-0.15, -0.1) is 0 Å². The van der Waals surface area contributed by atoms with Crippen molar-refractivity contribution < 1.29 is 0 Å². The number of rotatable bonds is 5. The zero-order chi connectivity index (χ0) is 17.9. The van der Waals surface area contributed by atoms with E-state index in [2.05, 4.69) is 46.6 Å². The minimum absolute atomic E-state index is 0.718. The van der Waals surface area contributed by atoms with Gasteiger partial charge in [0, 0.05) is 51.2 Å². The van der Waals surface area contributed by atoms with E-state index in [-0.39, 0.29) is 0 Å². The first kappa shape index (κ1) is 18.0. The van der Waals surface area contributed by atoms with Crippen LogP contribution in [-0.4, -0.2) is 39.1 Å². The molecule has 0 aliphatic rings. The van der Waals surface area contributed by atoms with Gasteiger partial charge in [-0.25, -0.2) is 0 Å². The van der Waals surface area contributed by atoms with Crippen LogP contribution in [0.15, 0.2) is 4.99 Å². The molecule has 0 aliphatic carbocycles. The average molecular weight is 331 g/mol. The number of hydrogen-bond acceptors (Lipinski definition) is 3. The molecule has 0 spiro atoms. The minimum Gasteiger partial charge on any atom is -0.356 e. The fourth-order valence-electron chi connectivity index (χ4n) is 2.95. The van der Waals surface area contributed by atoms with Crippen LogP contribution in [0.3, 0.4) is 0 Å². The van der Waals surface area contributed by atoms with Gasteiger partial charge in [-0.2, -0.15) is 10.2 Å². The van der Waals surface area contributed by atoms with E-state index in [1.807, 2.05) is 30.4 Å². The van der Waals surface area contributed by atoms with Crippen LogP contribution in [0.5, 0.6) is 0 Å². The first-order valence-electron chi connectivity index (χ1n) is 8.27. The molecule has 2 heterocycles. The summed E-state index contributed by atoms with van der Waals surface area (Å²) in [7, 11) is 5.74. The van der Waals surface area contributed by atoms with Crippen molar-refractivity contribution in [2.75, 3.05) is 13.6 Å². The van der Waals surface area contributed by atoms with Crippen molar-refractivity contribution in [3.63, 3.8) is 0 Å². The molecular formula is C17H29N7. The number of guanidine groups is 1. The third-order valence-electron chi connectivity index (χ3n) is 4.64. The second kappa shape index (κ2) is 7.51. The monoisotopic (exact) mass is 331 g/mol. The van der Waals surface area contributed by atoms with E-state index in [1.54, 1.807) is 7.05 Å². The lowest BCUT2D eigenvalue weighted by atomic mass is 10.1. The number of aromatic nitrogens is 4. The summed E-state index contributed by atoms with van der Waals surface area (Å²) in [5.74, 6) is 0.803. The van der Waals surface area contributed by atoms with Crippen LogP contribution < -0.4 is 10.6 Å². The standard InChI is InChI=1S/C17H29N7/c1-11-15(13(3)23(6)21-11)8-9-19-17(18-5)20-10-16-12(2)22-24(7)14(16)4/h8-10H2,1-7H3,(H2,18,19,20). The third-order valence-corrected chi connectivity index (χ3v) is 4.64. The smallest absolute Gasteiger partial charge is 0.191 e. The van der Waals surface area contributed by atoms with E-state index in [0.717, 1.165) is 36.9 Å².